The lowest BCUT2D eigenvalue weighted by atomic mass is 10.5. The van der Waals surface area contributed by atoms with E-state index in [0.29, 0.717) is 4.36 Å². The van der Waals surface area contributed by atoms with Crippen molar-refractivity contribution in [2.24, 2.45) is 5.84 Å². The van der Waals surface area contributed by atoms with Gasteiger partial charge in [0.1, 0.15) is 5.03 Å². The number of thiol groups is 1. The number of nitrogens with one attached hydrogen (secondary N) is 1. The van der Waals surface area contributed by atoms with Gasteiger partial charge in [-0.05, 0) is 6.92 Å². The van der Waals surface area contributed by atoms with Gasteiger partial charge in [0.2, 0.25) is 0 Å². The van der Waals surface area contributed by atoms with E-state index in [9.17, 15) is 9.18 Å². The summed E-state index contributed by atoms with van der Waals surface area (Å²) >= 11 is 5.85. The molecule has 0 aromatic heterocycles. The number of hydrazine groups is 1. The van der Waals surface area contributed by atoms with Gasteiger partial charge in [-0.3, -0.25) is 4.79 Å². The Hall–Kier alpha value is -0.720. The molecule has 0 aliphatic carbocycles. The van der Waals surface area contributed by atoms with Gasteiger partial charge < -0.3 is 10.2 Å². The summed E-state index contributed by atoms with van der Waals surface area (Å²) in [6.45, 7) is 1.63. The number of carbonyl (C=O) groups is 1. The molecule has 1 aliphatic rings. The second kappa shape index (κ2) is 4.87. The zero-order valence-electron chi connectivity index (χ0n) is 8.25. The molecule has 2 atom stereocenters. The zero-order valence-corrected chi connectivity index (χ0v) is 9.90. The van der Waals surface area contributed by atoms with E-state index in [1.165, 1.54) is 13.2 Å². The largest absolute Gasteiger partial charge is 0.468 e. The van der Waals surface area contributed by atoms with Crippen LogP contribution in [-0.4, -0.2) is 18.3 Å². The Balaban J connectivity index is 2.95. The molecule has 1 rings (SSSR count). The van der Waals surface area contributed by atoms with E-state index in [4.69, 9.17) is 17.4 Å². The average molecular weight is 255 g/mol. The highest BCUT2D eigenvalue weighted by Gasteiger charge is 2.32. The normalized spacial score (nSPS) is 24.9. The summed E-state index contributed by atoms with van der Waals surface area (Å²) in [5.41, 5.74) is 2.24. The van der Waals surface area contributed by atoms with Gasteiger partial charge in [-0.15, -0.1) is 0 Å². The summed E-state index contributed by atoms with van der Waals surface area (Å²) in [6, 6.07) is 0. The van der Waals surface area contributed by atoms with E-state index in [1.807, 2.05) is 0 Å². The molecule has 4 nitrogen and oxygen atoms in total. The summed E-state index contributed by atoms with van der Waals surface area (Å²) in [5, 5.41) is -0.346. The molecule has 7 heteroatoms. The summed E-state index contributed by atoms with van der Waals surface area (Å²) in [6.07, 6.45) is 1.17. The van der Waals surface area contributed by atoms with E-state index < -0.39 is 27.9 Å². The molecule has 2 unspecified atom stereocenters. The van der Waals surface area contributed by atoms with Crippen LogP contribution in [0.4, 0.5) is 4.39 Å². The third-order valence-corrected chi connectivity index (χ3v) is 5.06. The molecule has 0 radical (unpaired) electrons. The van der Waals surface area contributed by atoms with Crippen LogP contribution in [-0.2, 0) is 9.53 Å². The maximum absolute atomic E-state index is 13.3. The smallest absolute Gasteiger partial charge is 0.317 e. The van der Waals surface area contributed by atoms with Crippen LogP contribution in [0, 0.1) is 0 Å². The highest BCUT2D eigenvalue weighted by Crippen LogP contribution is 2.54. The molecule has 0 aromatic rings. The summed E-state index contributed by atoms with van der Waals surface area (Å²) < 4.78 is 18.1. The molecular weight excluding hydrogens is 243 g/mol. The highest BCUT2D eigenvalue weighted by atomic mass is 35.5. The molecular formula is C8H12ClFN2O2S. The van der Waals surface area contributed by atoms with Gasteiger partial charge in [-0.2, -0.15) is 10.9 Å². The number of carbonyl (C=O) groups excluding carboxylic acids is 1. The zero-order chi connectivity index (χ0) is 11.6. The second-order valence-electron chi connectivity index (χ2n) is 2.88. The fourth-order valence-corrected chi connectivity index (χ4v) is 4.02. The van der Waals surface area contributed by atoms with Crippen molar-refractivity contribution < 1.29 is 13.9 Å². The van der Waals surface area contributed by atoms with Gasteiger partial charge in [0, 0.05) is 6.08 Å². The minimum atomic E-state index is -1.30. The van der Waals surface area contributed by atoms with Crippen LogP contribution in [0.15, 0.2) is 21.3 Å². The molecule has 0 saturated carbocycles. The molecule has 86 valence electrons. The van der Waals surface area contributed by atoms with E-state index in [-0.39, 0.29) is 5.03 Å². The van der Waals surface area contributed by atoms with Crippen molar-refractivity contribution in [2.45, 2.75) is 12.2 Å². The van der Waals surface area contributed by atoms with Crippen molar-refractivity contribution in [1.82, 2.24) is 5.43 Å². The minimum Gasteiger partial charge on any atom is -0.468 e. The SMILES string of the molecule is COC(=O)C(C)[SH]1C(Cl)=CC(F)=C1NN. The molecule has 1 heterocycles. The number of rotatable bonds is 3. The lowest BCUT2D eigenvalue weighted by Crippen LogP contribution is -2.27. The Bertz CT molecular complexity index is 346. The number of methoxy groups -OCH3 is 1. The first-order valence-corrected chi connectivity index (χ1v) is 5.92. The Morgan fingerprint density at radius 2 is 2.40 bits per heavy atom. The Labute approximate surface area is 94.6 Å². The van der Waals surface area contributed by atoms with Crippen LogP contribution < -0.4 is 11.3 Å². The van der Waals surface area contributed by atoms with Gasteiger partial charge in [0.15, 0.2) is 5.83 Å². The molecule has 0 spiro atoms. The Kier molecular flexibility index (Phi) is 4.01. The van der Waals surface area contributed by atoms with Gasteiger partial charge in [-0.1, -0.05) is 11.6 Å². The molecule has 0 amide bonds. The molecule has 3 N–H and O–H groups in total. The number of ether oxygens (including phenoxy) is 1. The van der Waals surface area contributed by atoms with Crippen molar-refractivity contribution in [3.05, 3.63) is 21.3 Å². The van der Waals surface area contributed by atoms with Gasteiger partial charge in [0.25, 0.3) is 0 Å². The van der Waals surface area contributed by atoms with Crippen molar-refractivity contribution in [1.29, 1.82) is 0 Å². The van der Waals surface area contributed by atoms with E-state index in [2.05, 4.69) is 10.2 Å². The quantitative estimate of drug-likeness (QED) is 0.307. The van der Waals surface area contributed by atoms with Gasteiger partial charge >= 0.3 is 5.97 Å². The predicted octanol–water partition coefficient (Wildman–Crippen LogP) is 1.24. The monoisotopic (exact) mass is 254 g/mol. The van der Waals surface area contributed by atoms with Crippen LogP contribution in [0.3, 0.4) is 0 Å². The fourth-order valence-electron chi connectivity index (χ4n) is 1.26. The number of allylic oxidation sites excluding steroid dienone is 2. The molecule has 0 bridgehead atoms. The summed E-state index contributed by atoms with van der Waals surface area (Å²) in [7, 11) is -0.0199. The van der Waals surface area contributed by atoms with Gasteiger partial charge in [-0.25, -0.2) is 10.2 Å². The van der Waals surface area contributed by atoms with Crippen molar-refractivity contribution in [3.63, 3.8) is 0 Å². The second-order valence-corrected chi connectivity index (χ2v) is 5.99. The Morgan fingerprint density at radius 3 is 2.87 bits per heavy atom. The van der Waals surface area contributed by atoms with Crippen LogP contribution in [0.25, 0.3) is 0 Å². The average Bonchev–Trinajstić information content (AvgIpc) is 2.50. The number of esters is 1. The highest BCUT2D eigenvalue weighted by molar-refractivity contribution is 8.26. The van der Waals surface area contributed by atoms with Crippen molar-refractivity contribution >= 4 is 28.5 Å². The van der Waals surface area contributed by atoms with Crippen molar-refractivity contribution in [3.8, 4) is 0 Å². The van der Waals surface area contributed by atoms with Crippen LogP contribution >= 0.6 is 22.5 Å². The first kappa shape index (κ1) is 12.4. The standard InChI is InChI=1S/C8H12ClFN2O2S/c1-4(8(13)14-2)15-6(9)3-5(10)7(15)12-11/h3-4,12,15H,11H2,1-2H3. The Morgan fingerprint density at radius 1 is 1.80 bits per heavy atom. The van der Waals surface area contributed by atoms with E-state index in [1.54, 1.807) is 6.92 Å². The topological polar surface area (TPSA) is 64.3 Å². The molecule has 15 heavy (non-hydrogen) atoms. The maximum Gasteiger partial charge on any atom is 0.317 e. The lowest BCUT2D eigenvalue weighted by Gasteiger charge is -2.24. The lowest BCUT2D eigenvalue weighted by molar-refractivity contribution is -0.139. The van der Waals surface area contributed by atoms with Crippen LogP contribution in [0.1, 0.15) is 6.92 Å². The number of nitrogens with two attached hydrogens (primary N) is 1. The number of hydrogen-bond donors (Lipinski definition) is 3. The first-order valence-electron chi connectivity index (χ1n) is 4.13. The number of hydrogen-bond acceptors (Lipinski definition) is 4. The summed E-state index contributed by atoms with van der Waals surface area (Å²) in [5.74, 6) is 4.22. The van der Waals surface area contributed by atoms with E-state index >= 15 is 0 Å². The third-order valence-electron chi connectivity index (χ3n) is 2.01. The first-order chi connectivity index (χ1) is 7.02. The van der Waals surface area contributed by atoms with Crippen molar-refractivity contribution in [2.75, 3.05) is 7.11 Å². The van der Waals surface area contributed by atoms with Gasteiger partial charge in [0.05, 0.1) is 16.7 Å². The number of halogens is 2. The molecule has 0 aromatic carbocycles. The summed E-state index contributed by atoms with van der Waals surface area (Å²) in [4.78, 5) is 11.3. The maximum atomic E-state index is 13.3. The van der Waals surface area contributed by atoms with Crippen LogP contribution in [0.5, 0.6) is 0 Å². The van der Waals surface area contributed by atoms with Crippen LogP contribution in [0.2, 0.25) is 0 Å². The molecule has 0 fully saturated rings. The molecule has 1 aliphatic heterocycles. The molecule has 0 saturated heterocycles. The minimum absolute atomic E-state index is 0.174. The third kappa shape index (κ3) is 2.27. The van der Waals surface area contributed by atoms with E-state index in [0.717, 1.165) is 0 Å². The fraction of sp³-hybridized carbons (Fsp3) is 0.375. The predicted molar refractivity (Wildman–Crippen MR) is 59.9 cm³/mol.